The van der Waals surface area contributed by atoms with Crippen LogP contribution in [0.4, 0.5) is 0 Å². The van der Waals surface area contributed by atoms with Gasteiger partial charge in [0.1, 0.15) is 0 Å². The SMILES string of the molecule is CC1(C)C=Cc2[nH]c3c(c2C=C1)CCNC3. The molecule has 1 aliphatic carbocycles. The Morgan fingerprint density at radius 3 is 2.88 bits per heavy atom. The van der Waals surface area contributed by atoms with E-state index in [1.807, 2.05) is 0 Å². The second kappa shape index (κ2) is 3.36. The van der Waals surface area contributed by atoms with Crippen LogP contribution in [0, 0.1) is 5.41 Å². The van der Waals surface area contributed by atoms with Crippen molar-refractivity contribution in [1.82, 2.24) is 10.3 Å². The average molecular weight is 214 g/mol. The van der Waals surface area contributed by atoms with Crippen molar-refractivity contribution in [2.75, 3.05) is 6.54 Å². The molecular formula is C14H18N2. The molecule has 2 N–H and O–H groups in total. The zero-order chi connectivity index (χ0) is 11.2. The molecule has 0 radical (unpaired) electrons. The molecule has 0 amide bonds. The lowest BCUT2D eigenvalue weighted by Gasteiger charge is -2.14. The molecule has 0 bridgehead atoms. The van der Waals surface area contributed by atoms with Crippen LogP contribution in [0.25, 0.3) is 12.2 Å². The zero-order valence-electron chi connectivity index (χ0n) is 9.93. The molecule has 0 fully saturated rings. The Balaban J connectivity index is 2.12. The highest BCUT2D eigenvalue weighted by Gasteiger charge is 2.20. The first kappa shape index (κ1) is 9.91. The fourth-order valence-electron chi connectivity index (χ4n) is 2.47. The molecule has 0 atom stereocenters. The van der Waals surface area contributed by atoms with Gasteiger partial charge in [-0.3, -0.25) is 0 Å². The summed E-state index contributed by atoms with van der Waals surface area (Å²) in [5.74, 6) is 0. The maximum absolute atomic E-state index is 3.53. The normalized spacial score (nSPS) is 21.4. The Morgan fingerprint density at radius 2 is 2.00 bits per heavy atom. The van der Waals surface area contributed by atoms with E-state index in [0.29, 0.717) is 0 Å². The van der Waals surface area contributed by atoms with Gasteiger partial charge < -0.3 is 10.3 Å². The lowest BCUT2D eigenvalue weighted by Crippen LogP contribution is -2.23. The number of nitrogens with one attached hydrogen (secondary N) is 2. The number of aromatic amines is 1. The second-order valence-corrected chi connectivity index (χ2v) is 5.32. The molecule has 2 heterocycles. The van der Waals surface area contributed by atoms with E-state index in [1.165, 1.54) is 22.5 Å². The number of hydrogen-bond acceptors (Lipinski definition) is 1. The van der Waals surface area contributed by atoms with Crippen LogP contribution < -0.4 is 5.32 Å². The molecule has 0 aromatic carbocycles. The van der Waals surface area contributed by atoms with E-state index in [1.54, 1.807) is 0 Å². The predicted molar refractivity (Wildman–Crippen MR) is 68.1 cm³/mol. The summed E-state index contributed by atoms with van der Waals surface area (Å²) in [4.78, 5) is 3.53. The number of rotatable bonds is 0. The number of aromatic nitrogens is 1. The van der Waals surface area contributed by atoms with Crippen LogP contribution in [0.5, 0.6) is 0 Å². The predicted octanol–water partition coefficient (Wildman–Crippen LogP) is 2.73. The van der Waals surface area contributed by atoms with Gasteiger partial charge in [0.2, 0.25) is 0 Å². The van der Waals surface area contributed by atoms with Gasteiger partial charge in [0.15, 0.2) is 0 Å². The van der Waals surface area contributed by atoms with E-state index in [0.717, 1.165) is 19.5 Å². The highest BCUT2D eigenvalue weighted by Crippen LogP contribution is 2.31. The molecule has 1 aliphatic heterocycles. The van der Waals surface area contributed by atoms with Crippen LogP contribution in [0.1, 0.15) is 36.4 Å². The molecule has 1 aromatic heterocycles. The minimum Gasteiger partial charge on any atom is -0.357 e. The van der Waals surface area contributed by atoms with E-state index < -0.39 is 0 Å². The summed E-state index contributed by atoms with van der Waals surface area (Å²) in [5.41, 5.74) is 5.71. The van der Waals surface area contributed by atoms with Gasteiger partial charge in [0.25, 0.3) is 0 Å². The third kappa shape index (κ3) is 1.54. The third-order valence-electron chi connectivity index (χ3n) is 3.48. The highest BCUT2D eigenvalue weighted by atomic mass is 14.9. The standard InChI is InChI=1S/C14H18N2/c1-14(2)6-3-10-11-5-8-15-9-13(11)16-12(10)4-7-14/h3-4,6-7,15-16H,5,8-9H2,1-2H3. The topological polar surface area (TPSA) is 27.8 Å². The summed E-state index contributed by atoms with van der Waals surface area (Å²) in [6, 6.07) is 0. The fraction of sp³-hybridized carbons (Fsp3) is 0.429. The van der Waals surface area contributed by atoms with Crippen molar-refractivity contribution in [3.05, 3.63) is 34.7 Å². The minimum atomic E-state index is 0.166. The van der Waals surface area contributed by atoms with Gasteiger partial charge in [-0.25, -0.2) is 0 Å². The molecule has 0 saturated heterocycles. The van der Waals surface area contributed by atoms with Crippen LogP contribution in [0.15, 0.2) is 12.2 Å². The van der Waals surface area contributed by atoms with Crippen molar-refractivity contribution in [1.29, 1.82) is 0 Å². The quantitative estimate of drug-likeness (QED) is 0.683. The van der Waals surface area contributed by atoms with Crippen LogP contribution in [0.2, 0.25) is 0 Å². The van der Waals surface area contributed by atoms with Gasteiger partial charge in [-0.05, 0) is 24.6 Å². The molecule has 0 spiro atoms. The molecule has 16 heavy (non-hydrogen) atoms. The molecule has 84 valence electrons. The van der Waals surface area contributed by atoms with Gasteiger partial charge in [0.05, 0.1) is 0 Å². The number of allylic oxidation sites excluding steroid dienone is 2. The fourth-order valence-corrected chi connectivity index (χ4v) is 2.47. The third-order valence-corrected chi connectivity index (χ3v) is 3.48. The van der Waals surface area contributed by atoms with Crippen LogP contribution in [-0.2, 0) is 13.0 Å². The van der Waals surface area contributed by atoms with E-state index >= 15 is 0 Å². The summed E-state index contributed by atoms with van der Waals surface area (Å²) in [7, 11) is 0. The molecular weight excluding hydrogens is 196 g/mol. The number of fused-ring (bicyclic) bond motifs is 3. The van der Waals surface area contributed by atoms with Crippen LogP contribution >= 0.6 is 0 Å². The maximum Gasteiger partial charge on any atom is 0.0456 e. The Labute approximate surface area is 96.4 Å². The largest absolute Gasteiger partial charge is 0.357 e. The summed E-state index contributed by atoms with van der Waals surface area (Å²) >= 11 is 0. The Morgan fingerprint density at radius 1 is 1.19 bits per heavy atom. The average Bonchev–Trinajstić information content (AvgIpc) is 2.54. The van der Waals surface area contributed by atoms with Crippen molar-refractivity contribution in [3.63, 3.8) is 0 Å². The highest BCUT2D eigenvalue weighted by molar-refractivity contribution is 5.70. The molecule has 0 saturated carbocycles. The Kier molecular flexibility index (Phi) is 2.08. The molecule has 2 aliphatic rings. The zero-order valence-corrected chi connectivity index (χ0v) is 9.93. The second-order valence-electron chi connectivity index (χ2n) is 5.32. The molecule has 1 aromatic rings. The van der Waals surface area contributed by atoms with Crippen molar-refractivity contribution in [2.45, 2.75) is 26.8 Å². The van der Waals surface area contributed by atoms with E-state index in [-0.39, 0.29) is 5.41 Å². The number of H-pyrrole nitrogens is 1. The Bertz CT molecular complexity index is 475. The van der Waals surface area contributed by atoms with Gasteiger partial charge in [0, 0.05) is 28.9 Å². The first-order valence-corrected chi connectivity index (χ1v) is 5.99. The van der Waals surface area contributed by atoms with Gasteiger partial charge in [-0.1, -0.05) is 32.1 Å². The molecule has 2 heteroatoms. The summed E-state index contributed by atoms with van der Waals surface area (Å²) in [6.07, 6.45) is 10.2. The maximum atomic E-state index is 3.53. The summed E-state index contributed by atoms with van der Waals surface area (Å²) in [6.45, 7) is 6.55. The summed E-state index contributed by atoms with van der Waals surface area (Å²) in [5, 5.41) is 3.40. The number of hydrogen-bond donors (Lipinski definition) is 2. The molecule has 0 unspecified atom stereocenters. The van der Waals surface area contributed by atoms with Crippen molar-refractivity contribution >= 4 is 12.2 Å². The first-order chi connectivity index (χ1) is 7.66. The van der Waals surface area contributed by atoms with Crippen molar-refractivity contribution in [2.24, 2.45) is 5.41 Å². The van der Waals surface area contributed by atoms with Gasteiger partial charge >= 0.3 is 0 Å². The summed E-state index contributed by atoms with van der Waals surface area (Å²) < 4.78 is 0. The van der Waals surface area contributed by atoms with Crippen LogP contribution in [0.3, 0.4) is 0 Å². The molecule has 2 nitrogen and oxygen atoms in total. The van der Waals surface area contributed by atoms with E-state index in [2.05, 4.69) is 48.5 Å². The van der Waals surface area contributed by atoms with Gasteiger partial charge in [-0.2, -0.15) is 0 Å². The molecule has 3 rings (SSSR count). The lowest BCUT2D eigenvalue weighted by molar-refractivity contribution is 0.629. The van der Waals surface area contributed by atoms with Crippen LogP contribution in [-0.4, -0.2) is 11.5 Å². The lowest BCUT2D eigenvalue weighted by atomic mass is 9.93. The van der Waals surface area contributed by atoms with Gasteiger partial charge in [-0.15, -0.1) is 0 Å². The van der Waals surface area contributed by atoms with Crippen molar-refractivity contribution in [3.8, 4) is 0 Å². The minimum absolute atomic E-state index is 0.166. The Hall–Kier alpha value is -1.28. The monoisotopic (exact) mass is 214 g/mol. The van der Waals surface area contributed by atoms with E-state index in [4.69, 9.17) is 0 Å². The van der Waals surface area contributed by atoms with Crippen molar-refractivity contribution < 1.29 is 0 Å². The first-order valence-electron chi connectivity index (χ1n) is 5.99. The van der Waals surface area contributed by atoms with E-state index in [9.17, 15) is 0 Å². The smallest absolute Gasteiger partial charge is 0.0456 e.